The van der Waals surface area contributed by atoms with E-state index in [0.29, 0.717) is 22.3 Å². The number of halogens is 2. The Morgan fingerprint density at radius 3 is 2.55 bits per heavy atom. The molecule has 0 bridgehead atoms. The molecule has 3 aromatic rings. The Morgan fingerprint density at radius 2 is 1.84 bits per heavy atom. The van der Waals surface area contributed by atoms with Crippen LogP contribution >= 0.6 is 23.2 Å². The zero-order valence-electron chi connectivity index (χ0n) is 17.2. The van der Waals surface area contributed by atoms with Crippen molar-refractivity contribution in [2.24, 2.45) is 0 Å². The predicted molar refractivity (Wildman–Crippen MR) is 120 cm³/mol. The Morgan fingerprint density at radius 1 is 1.10 bits per heavy atom. The van der Waals surface area contributed by atoms with Crippen LogP contribution in [0.1, 0.15) is 34.2 Å². The van der Waals surface area contributed by atoms with Crippen molar-refractivity contribution in [3.05, 3.63) is 87.2 Å². The second-order valence-electron chi connectivity index (χ2n) is 7.93. The van der Waals surface area contributed by atoms with E-state index in [1.807, 2.05) is 31.2 Å². The molecule has 0 radical (unpaired) electrons. The van der Waals surface area contributed by atoms with E-state index in [9.17, 15) is 9.59 Å². The van der Waals surface area contributed by atoms with Gasteiger partial charge in [0.05, 0.1) is 12.2 Å². The summed E-state index contributed by atoms with van der Waals surface area (Å²) < 4.78 is 1.62. The summed E-state index contributed by atoms with van der Waals surface area (Å²) in [5, 5.41) is 8.60. The zero-order chi connectivity index (χ0) is 22.2. The lowest BCUT2D eigenvalue weighted by Crippen LogP contribution is -2.63. The molecule has 8 heteroatoms. The average molecular weight is 457 g/mol. The highest BCUT2D eigenvalue weighted by atomic mass is 35.5. The standard InChI is InChI=1S/C23H22Cl2N4O2/c1-15-10-20-21(30)28(13-17-4-3-5-19(25)11-17)23(2,14-29(20)27-15)22(31)26-12-16-6-8-18(24)9-7-16/h3-11H,12-14H2,1-2H3,(H,26,31)/t23-/m0/s1. The van der Waals surface area contributed by atoms with Gasteiger partial charge in [-0.3, -0.25) is 14.3 Å². The van der Waals surface area contributed by atoms with Crippen molar-refractivity contribution in [2.45, 2.75) is 39.0 Å². The Labute approximate surface area is 190 Å². The third kappa shape index (κ3) is 4.31. The Hall–Kier alpha value is -2.83. The van der Waals surface area contributed by atoms with Crippen LogP contribution in [0.2, 0.25) is 10.0 Å². The van der Waals surface area contributed by atoms with E-state index in [1.165, 1.54) is 0 Å². The van der Waals surface area contributed by atoms with E-state index in [2.05, 4.69) is 10.4 Å². The van der Waals surface area contributed by atoms with Crippen molar-refractivity contribution in [3.63, 3.8) is 0 Å². The molecule has 160 valence electrons. The molecule has 2 heterocycles. The number of amides is 2. The van der Waals surface area contributed by atoms with Gasteiger partial charge in [0.2, 0.25) is 5.91 Å². The highest BCUT2D eigenvalue weighted by Crippen LogP contribution is 2.30. The largest absolute Gasteiger partial charge is 0.350 e. The molecular formula is C23H22Cl2N4O2. The summed E-state index contributed by atoms with van der Waals surface area (Å²) in [4.78, 5) is 28.4. The number of rotatable bonds is 5. The zero-order valence-corrected chi connectivity index (χ0v) is 18.7. The number of aryl methyl sites for hydroxylation is 1. The number of hydrogen-bond donors (Lipinski definition) is 1. The number of hydrogen-bond acceptors (Lipinski definition) is 3. The first-order valence-electron chi connectivity index (χ1n) is 9.90. The quantitative estimate of drug-likeness (QED) is 0.624. The van der Waals surface area contributed by atoms with E-state index in [-0.39, 0.29) is 24.9 Å². The molecule has 2 aromatic carbocycles. The average Bonchev–Trinajstić information content (AvgIpc) is 3.10. The fourth-order valence-electron chi connectivity index (χ4n) is 3.81. The van der Waals surface area contributed by atoms with Crippen LogP contribution in [0.5, 0.6) is 0 Å². The van der Waals surface area contributed by atoms with E-state index < -0.39 is 5.54 Å². The maximum Gasteiger partial charge on any atom is 0.273 e. The number of nitrogens with one attached hydrogen (secondary N) is 1. The van der Waals surface area contributed by atoms with Crippen LogP contribution in [0, 0.1) is 6.92 Å². The van der Waals surface area contributed by atoms with E-state index in [1.54, 1.807) is 46.8 Å². The molecule has 0 spiro atoms. The highest BCUT2D eigenvalue weighted by molar-refractivity contribution is 6.30. The van der Waals surface area contributed by atoms with Gasteiger partial charge in [-0.15, -0.1) is 0 Å². The lowest BCUT2D eigenvalue weighted by atomic mass is 9.94. The first-order chi connectivity index (χ1) is 14.8. The lowest BCUT2D eigenvalue weighted by molar-refractivity contribution is -0.133. The highest BCUT2D eigenvalue weighted by Gasteiger charge is 2.47. The maximum absolute atomic E-state index is 13.4. The minimum Gasteiger partial charge on any atom is -0.350 e. The molecule has 4 rings (SSSR count). The Kier molecular flexibility index (Phi) is 5.77. The van der Waals surface area contributed by atoms with Crippen LogP contribution < -0.4 is 5.32 Å². The smallest absolute Gasteiger partial charge is 0.273 e. The second-order valence-corrected chi connectivity index (χ2v) is 8.81. The van der Waals surface area contributed by atoms with Gasteiger partial charge in [0, 0.05) is 23.1 Å². The molecular weight excluding hydrogens is 435 g/mol. The SMILES string of the molecule is Cc1cc2n(n1)C[C@@](C)(C(=O)NCc1ccc(Cl)cc1)N(Cc1cccc(Cl)c1)C2=O. The molecule has 0 unspecified atom stereocenters. The summed E-state index contributed by atoms with van der Waals surface area (Å²) in [7, 11) is 0. The maximum atomic E-state index is 13.4. The van der Waals surface area contributed by atoms with Crippen LogP contribution in [-0.2, 0) is 24.4 Å². The van der Waals surface area contributed by atoms with Crippen molar-refractivity contribution < 1.29 is 9.59 Å². The number of fused-ring (bicyclic) bond motifs is 1. The van der Waals surface area contributed by atoms with Gasteiger partial charge in [0.15, 0.2) is 0 Å². The molecule has 1 aromatic heterocycles. The topological polar surface area (TPSA) is 67.2 Å². The monoisotopic (exact) mass is 456 g/mol. The first-order valence-corrected chi connectivity index (χ1v) is 10.7. The summed E-state index contributed by atoms with van der Waals surface area (Å²) in [5.41, 5.74) is 1.85. The molecule has 0 aliphatic carbocycles. The first kappa shape index (κ1) is 21.4. The van der Waals surface area contributed by atoms with Crippen LogP contribution in [-0.4, -0.2) is 32.0 Å². The van der Waals surface area contributed by atoms with Crippen molar-refractivity contribution in [3.8, 4) is 0 Å². The van der Waals surface area contributed by atoms with Crippen LogP contribution in [0.3, 0.4) is 0 Å². The molecule has 2 amide bonds. The molecule has 1 atom stereocenters. The van der Waals surface area contributed by atoms with E-state index >= 15 is 0 Å². The van der Waals surface area contributed by atoms with Crippen LogP contribution in [0.4, 0.5) is 0 Å². The van der Waals surface area contributed by atoms with Crippen LogP contribution in [0.25, 0.3) is 0 Å². The number of aromatic nitrogens is 2. The van der Waals surface area contributed by atoms with Gasteiger partial charge >= 0.3 is 0 Å². The van der Waals surface area contributed by atoms with E-state index in [0.717, 1.165) is 16.8 Å². The molecule has 31 heavy (non-hydrogen) atoms. The molecule has 0 saturated carbocycles. The molecule has 0 fully saturated rings. The Bertz CT molecular complexity index is 1140. The van der Waals surface area contributed by atoms with Crippen LogP contribution in [0.15, 0.2) is 54.6 Å². The number of carbonyl (C=O) groups excluding carboxylic acids is 2. The molecule has 1 N–H and O–H groups in total. The number of benzene rings is 2. The number of nitrogens with zero attached hydrogens (tertiary/aromatic N) is 3. The van der Waals surface area contributed by atoms with Gasteiger partial charge in [-0.05, 0) is 55.3 Å². The van der Waals surface area contributed by atoms with Crippen molar-refractivity contribution >= 4 is 35.0 Å². The molecule has 6 nitrogen and oxygen atoms in total. The van der Waals surface area contributed by atoms with Gasteiger partial charge in [-0.2, -0.15) is 5.10 Å². The summed E-state index contributed by atoms with van der Waals surface area (Å²) >= 11 is 12.1. The Balaban J connectivity index is 1.64. The lowest BCUT2D eigenvalue weighted by Gasteiger charge is -2.43. The fraction of sp³-hybridized carbons (Fsp3) is 0.261. The minimum atomic E-state index is -1.13. The minimum absolute atomic E-state index is 0.240. The predicted octanol–water partition coefficient (Wildman–Crippen LogP) is 4.23. The van der Waals surface area contributed by atoms with Gasteiger partial charge in [0.1, 0.15) is 11.2 Å². The molecule has 1 aliphatic heterocycles. The van der Waals surface area contributed by atoms with E-state index in [4.69, 9.17) is 23.2 Å². The van der Waals surface area contributed by atoms with Gasteiger partial charge in [0.25, 0.3) is 5.91 Å². The summed E-state index contributed by atoms with van der Waals surface area (Å²) in [6.45, 7) is 4.45. The molecule has 1 aliphatic rings. The third-order valence-corrected chi connectivity index (χ3v) is 5.99. The number of carbonyl (C=O) groups is 2. The van der Waals surface area contributed by atoms with Gasteiger partial charge in [-0.25, -0.2) is 0 Å². The third-order valence-electron chi connectivity index (χ3n) is 5.50. The van der Waals surface area contributed by atoms with Crippen molar-refractivity contribution in [2.75, 3.05) is 0 Å². The summed E-state index contributed by atoms with van der Waals surface area (Å²) in [5.74, 6) is -0.493. The van der Waals surface area contributed by atoms with Crippen molar-refractivity contribution in [1.82, 2.24) is 20.0 Å². The van der Waals surface area contributed by atoms with Gasteiger partial charge in [-0.1, -0.05) is 47.5 Å². The summed E-state index contributed by atoms with van der Waals surface area (Å²) in [6.07, 6.45) is 0. The normalized spacial score (nSPS) is 18.1. The summed E-state index contributed by atoms with van der Waals surface area (Å²) in [6, 6.07) is 16.3. The van der Waals surface area contributed by atoms with Crippen molar-refractivity contribution in [1.29, 1.82) is 0 Å². The fourth-order valence-corrected chi connectivity index (χ4v) is 4.15. The van der Waals surface area contributed by atoms with Gasteiger partial charge < -0.3 is 10.2 Å². The second kappa shape index (κ2) is 8.36. The molecule has 0 saturated heterocycles.